The molecule has 2 aromatic carbocycles. The van der Waals surface area contributed by atoms with E-state index in [1.165, 1.54) is 18.6 Å². The van der Waals surface area contributed by atoms with Gasteiger partial charge in [0.15, 0.2) is 5.78 Å². The number of ketones is 1. The van der Waals surface area contributed by atoms with Gasteiger partial charge >= 0.3 is 0 Å². The summed E-state index contributed by atoms with van der Waals surface area (Å²) in [5, 5.41) is 9.21. The second kappa shape index (κ2) is 7.97. The van der Waals surface area contributed by atoms with Gasteiger partial charge in [-0.2, -0.15) is 0 Å². The molecule has 0 spiro atoms. The van der Waals surface area contributed by atoms with E-state index in [1.54, 1.807) is 12.1 Å². The molecule has 0 saturated heterocycles. The third kappa shape index (κ3) is 5.45. The van der Waals surface area contributed by atoms with Crippen molar-refractivity contribution in [3.8, 4) is 5.75 Å². The van der Waals surface area contributed by atoms with E-state index >= 15 is 0 Å². The first-order valence-corrected chi connectivity index (χ1v) is 6.96. The van der Waals surface area contributed by atoms with Crippen LogP contribution < -0.4 is 0 Å². The third-order valence-electron chi connectivity index (χ3n) is 2.34. The maximum absolute atomic E-state index is 10.8. The van der Waals surface area contributed by atoms with Crippen molar-refractivity contribution in [3.63, 3.8) is 0 Å². The lowest BCUT2D eigenvalue weighted by Gasteiger charge is -1.99. The van der Waals surface area contributed by atoms with Crippen LogP contribution >= 0.6 is 27.5 Å². The Morgan fingerprint density at radius 2 is 1.84 bits per heavy atom. The number of benzene rings is 2. The molecule has 0 saturated carbocycles. The Balaban J connectivity index is 0.000000200. The van der Waals surface area contributed by atoms with Crippen LogP contribution in [-0.2, 0) is 5.88 Å². The molecule has 19 heavy (non-hydrogen) atoms. The van der Waals surface area contributed by atoms with Crippen molar-refractivity contribution in [2.45, 2.75) is 12.8 Å². The number of alkyl halides is 1. The Kier molecular flexibility index (Phi) is 6.60. The summed E-state index contributed by atoms with van der Waals surface area (Å²) in [7, 11) is 0. The lowest BCUT2D eigenvalue weighted by Crippen LogP contribution is -1.91. The van der Waals surface area contributed by atoms with Crippen LogP contribution in [0, 0.1) is 0 Å². The van der Waals surface area contributed by atoms with E-state index in [1.807, 2.05) is 30.3 Å². The summed E-state index contributed by atoms with van der Waals surface area (Å²) in [6.45, 7) is 1.42. The van der Waals surface area contributed by atoms with Crippen LogP contribution in [0.2, 0.25) is 0 Å². The number of hydrogen-bond acceptors (Lipinski definition) is 2. The lowest BCUT2D eigenvalue weighted by atomic mass is 10.1. The molecule has 0 aromatic heterocycles. The number of rotatable bonds is 2. The summed E-state index contributed by atoms with van der Waals surface area (Å²) in [4.78, 5) is 10.8. The predicted octanol–water partition coefficient (Wildman–Crippen LogP) is 4.78. The van der Waals surface area contributed by atoms with Crippen LogP contribution in [0.5, 0.6) is 5.75 Å². The van der Waals surface area contributed by atoms with Crippen LogP contribution in [0.15, 0.2) is 53.0 Å². The molecule has 0 aliphatic carbocycles. The Bertz CT molecular complexity index is 541. The van der Waals surface area contributed by atoms with Gasteiger partial charge in [0.05, 0.1) is 5.56 Å². The first-order chi connectivity index (χ1) is 9.04. The van der Waals surface area contributed by atoms with Crippen LogP contribution in [0.3, 0.4) is 0 Å². The van der Waals surface area contributed by atoms with Crippen molar-refractivity contribution in [1.82, 2.24) is 0 Å². The average Bonchev–Trinajstić information content (AvgIpc) is 2.40. The second-order valence-corrected chi connectivity index (χ2v) is 5.02. The molecule has 4 heteroatoms. The Morgan fingerprint density at radius 3 is 2.26 bits per heavy atom. The fourth-order valence-electron chi connectivity index (χ4n) is 1.37. The molecule has 0 atom stereocenters. The highest BCUT2D eigenvalue weighted by Gasteiger charge is 2.04. The van der Waals surface area contributed by atoms with Crippen molar-refractivity contribution in [2.75, 3.05) is 0 Å². The molecule has 0 bridgehead atoms. The minimum atomic E-state index is -0.130. The number of carbonyl (C=O) groups excluding carboxylic acids is 1. The van der Waals surface area contributed by atoms with Crippen molar-refractivity contribution in [2.24, 2.45) is 0 Å². The van der Waals surface area contributed by atoms with Crippen molar-refractivity contribution in [1.29, 1.82) is 0 Å². The zero-order valence-corrected chi connectivity index (χ0v) is 12.8. The topological polar surface area (TPSA) is 37.3 Å². The van der Waals surface area contributed by atoms with Gasteiger partial charge in [-0.25, -0.2) is 0 Å². The molecule has 2 rings (SSSR count). The van der Waals surface area contributed by atoms with E-state index in [-0.39, 0.29) is 11.5 Å². The molecule has 0 aliphatic rings. The smallest absolute Gasteiger partial charge is 0.163 e. The maximum atomic E-state index is 10.8. The normalized spacial score (nSPS) is 9.42. The van der Waals surface area contributed by atoms with Gasteiger partial charge in [-0.05, 0) is 30.7 Å². The molecule has 0 unspecified atom stereocenters. The van der Waals surface area contributed by atoms with E-state index in [4.69, 9.17) is 11.6 Å². The van der Waals surface area contributed by atoms with E-state index in [2.05, 4.69) is 15.9 Å². The molecular formula is C15H14BrClO2. The second-order valence-electron chi connectivity index (χ2n) is 3.84. The minimum absolute atomic E-state index is 0.0203. The average molecular weight is 342 g/mol. The van der Waals surface area contributed by atoms with E-state index in [0.29, 0.717) is 11.4 Å². The number of phenolic OH excluding ortho intramolecular Hbond substituents is 1. The molecule has 0 amide bonds. The van der Waals surface area contributed by atoms with Gasteiger partial charge in [0, 0.05) is 10.4 Å². The lowest BCUT2D eigenvalue weighted by molar-refractivity contribution is 0.101. The van der Waals surface area contributed by atoms with Gasteiger partial charge in [0.1, 0.15) is 5.75 Å². The minimum Gasteiger partial charge on any atom is -0.507 e. The fourth-order valence-corrected chi connectivity index (χ4v) is 1.90. The molecular weight excluding hydrogens is 328 g/mol. The van der Waals surface area contributed by atoms with Gasteiger partial charge < -0.3 is 5.11 Å². The van der Waals surface area contributed by atoms with E-state index < -0.39 is 0 Å². The first-order valence-electron chi connectivity index (χ1n) is 5.64. The number of carbonyl (C=O) groups is 1. The molecule has 2 nitrogen and oxygen atoms in total. The van der Waals surface area contributed by atoms with Crippen molar-refractivity contribution in [3.05, 3.63) is 64.1 Å². The van der Waals surface area contributed by atoms with Crippen molar-refractivity contribution >= 4 is 33.3 Å². The molecule has 0 heterocycles. The summed E-state index contributed by atoms with van der Waals surface area (Å²) < 4.78 is 0.764. The predicted molar refractivity (Wildman–Crippen MR) is 81.8 cm³/mol. The fraction of sp³-hybridized carbons (Fsp3) is 0.133. The van der Waals surface area contributed by atoms with Crippen LogP contribution in [0.1, 0.15) is 22.8 Å². The zero-order valence-electron chi connectivity index (χ0n) is 10.4. The molecule has 0 radical (unpaired) electrons. The van der Waals surface area contributed by atoms with Gasteiger partial charge in [-0.3, -0.25) is 4.79 Å². The highest BCUT2D eigenvalue weighted by molar-refractivity contribution is 9.10. The largest absolute Gasteiger partial charge is 0.507 e. The molecule has 0 aliphatic heterocycles. The highest BCUT2D eigenvalue weighted by Crippen LogP contribution is 2.22. The molecule has 2 aromatic rings. The molecule has 1 N–H and O–H groups in total. The summed E-state index contributed by atoms with van der Waals surface area (Å²) >= 11 is 8.70. The highest BCUT2D eigenvalue weighted by atomic mass is 79.9. The van der Waals surface area contributed by atoms with Gasteiger partial charge in [-0.1, -0.05) is 46.3 Å². The summed E-state index contributed by atoms with van der Waals surface area (Å²) in [6, 6.07) is 14.8. The van der Waals surface area contributed by atoms with Gasteiger partial charge in [0.2, 0.25) is 0 Å². The maximum Gasteiger partial charge on any atom is 0.163 e. The van der Waals surface area contributed by atoms with Gasteiger partial charge in [-0.15, -0.1) is 11.6 Å². The van der Waals surface area contributed by atoms with Crippen molar-refractivity contribution < 1.29 is 9.90 Å². The Labute approximate surface area is 126 Å². The SMILES string of the molecule is CC(=O)c1ccc(Br)cc1O.ClCc1ccccc1. The Hall–Kier alpha value is -1.32. The third-order valence-corrected chi connectivity index (χ3v) is 3.14. The Morgan fingerprint density at radius 1 is 1.21 bits per heavy atom. The first kappa shape index (κ1) is 15.7. The number of hydrogen-bond donors (Lipinski definition) is 1. The quantitative estimate of drug-likeness (QED) is 0.630. The summed E-state index contributed by atoms with van der Waals surface area (Å²) in [5.41, 5.74) is 1.53. The van der Waals surface area contributed by atoms with Crippen LogP contribution in [0.4, 0.5) is 0 Å². The van der Waals surface area contributed by atoms with Crippen LogP contribution in [-0.4, -0.2) is 10.9 Å². The number of Topliss-reactive ketones (excluding diaryl/α,β-unsaturated/α-hetero) is 1. The van der Waals surface area contributed by atoms with Gasteiger partial charge in [0.25, 0.3) is 0 Å². The summed E-state index contributed by atoms with van der Waals surface area (Å²) in [6.07, 6.45) is 0. The monoisotopic (exact) mass is 340 g/mol. The standard InChI is InChI=1S/C8H7BrO2.C7H7Cl/c1-5(10)7-3-2-6(9)4-8(7)11;8-6-7-4-2-1-3-5-7/h2-4,11H,1H3;1-5H,6H2. The molecule has 0 fully saturated rings. The van der Waals surface area contributed by atoms with E-state index in [0.717, 1.165) is 4.47 Å². The van der Waals surface area contributed by atoms with Crippen LogP contribution in [0.25, 0.3) is 0 Å². The summed E-state index contributed by atoms with van der Waals surface area (Å²) in [5.74, 6) is 0.503. The number of halogens is 2. The zero-order chi connectivity index (χ0) is 14.3. The number of aromatic hydroxyl groups is 1. The number of phenols is 1. The molecule has 100 valence electrons. The van der Waals surface area contributed by atoms with E-state index in [9.17, 15) is 9.90 Å².